The SMILES string of the molecule is C(=N\Nc1ncnc2ccsc12)/c1cccnc1. The van der Waals surface area contributed by atoms with Gasteiger partial charge in [0, 0.05) is 18.0 Å². The second kappa shape index (κ2) is 4.89. The van der Waals surface area contributed by atoms with Crippen LogP contribution in [0.2, 0.25) is 0 Å². The number of thiophene rings is 1. The standard InChI is InChI=1S/C12H9N5S/c1-2-9(6-13-4-1)7-16-17-12-11-10(3-5-18-11)14-8-15-12/h1-8H,(H,14,15,17)/b16-7+. The van der Waals surface area contributed by atoms with E-state index < -0.39 is 0 Å². The quantitative estimate of drug-likeness (QED) is 0.577. The van der Waals surface area contributed by atoms with Crippen molar-refractivity contribution in [2.45, 2.75) is 0 Å². The first kappa shape index (κ1) is 10.8. The van der Waals surface area contributed by atoms with E-state index in [1.54, 1.807) is 29.9 Å². The first-order valence-corrected chi connectivity index (χ1v) is 6.19. The third kappa shape index (κ3) is 2.18. The number of aromatic nitrogens is 3. The van der Waals surface area contributed by atoms with Crippen molar-refractivity contribution in [2.24, 2.45) is 5.10 Å². The molecule has 0 saturated carbocycles. The molecule has 3 aromatic heterocycles. The first-order chi connectivity index (χ1) is 8.93. The maximum atomic E-state index is 4.17. The molecule has 0 aliphatic rings. The van der Waals surface area contributed by atoms with Gasteiger partial charge in [-0.3, -0.25) is 10.4 Å². The summed E-state index contributed by atoms with van der Waals surface area (Å²) in [7, 11) is 0. The van der Waals surface area contributed by atoms with Crippen molar-refractivity contribution in [1.82, 2.24) is 15.0 Å². The zero-order valence-electron chi connectivity index (χ0n) is 9.32. The Morgan fingerprint density at radius 2 is 2.28 bits per heavy atom. The van der Waals surface area contributed by atoms with Gasteiger partial charge in [-0.15, -0.1) is 11.3 Å². The predicted octanol–water partition coefficient (Wildman–Crippen LogP) is 2.53. The number of nitrogens with zero attached hydrogens (tertiary/aromatic N) is 4. The summed E-state index contributed by atoms with van der Waals surface area (Å²) in [6.07, 6.45) is 6.70. The Balaban J connectivity index is 1.81. The van der Waals surface area contributed by atoms with Crippen LogP contribution in [0.1, 0.15) is 5.56 Å². The molecular formula is C12H9N5S. The van der Waals surface area contributed by atoms with Gasteiger partial charge in [0.2, 0.25) is 0 Å². The van der Waals surface area contributed by atoms with E-state index in [0.29, 0.717) is 0 Å². The van der Waals surface area contributed by atoms with Crippen LogP contribution in [-0.4, -0.2) is 21.2 Å². The van der Waals surface area contributed by atoms with Gasteiger partial charge < -0.3 is 0 Å². The van der Waals surface area contributed by atoms with Gasteiger partial charge in [0.05, 0.1) is 16.4 Å². The van der Waals surface area contributed by atoms with E-state index in [-0.39, 0.29) is 0 Å². The largest absolute Gasteiger partial charge is 0.264 e. The average molecular weight is 255 g/mol. The van der Waals surface area contributed by atoms with Crippen molar-refractivity contribution in [2.75, 3.05) is 5.43 Å². The summed E-state index contributed by atoms with van der Waals surface area (Å²) in [5.74, 6) is 0.718. The fourth-order valence-corrected chi connectivity index (χ4v) is 2.27. The first-order valence-electron chi connectivity index (χ1n) is 5.31. The maximum absolute atomic E-state index is 4.17. The van der Waals surface area contributed by atoms with Crippen LogP contribution >= 0.6 is 11.3 Å². The van der Waals surface area contributed by atoms with Crippen LogP contribution in [0.5, 0.6) is 0 Å². The molecule has 1 N–H and O–H groups in total. The molecule has 0 aromatic carbocycles. The third-order valence-corrected chi connectivity index (χ3v) is 3.22. The lowest BCUT2D eigenvalue weighted by Gasteiger charge is -1.99. The number of rotatable bonds is 3. The van der Waals surface area contributed by atoms with Crippen LogP contribution in [0.25, 0.3) is 10.2 Å². The second-order valence-electron chi connectivity index (χ2n) is 3.51. The van der Waals surface area contributed by atoms with Crippen LogP contribution < -0.4 is 5.43 Å². The second-order valence-corrected chi connectivity index (χ2v) is 4.43. The highest BCUT2D eigenvalue weighted by molar-refractivity contribution is 7.17. The fourth-order valence-electron chi connectivity index (χ4n) is 1.49. The zero-order valence-corrected chi connectivity index (χ0v) is 10.1. The molecule has 0 aliphatic heterocycles. The van der Waals surface area contributed by atoms with E-state index in [2.05, 4.69) is 25.5 Å². The molecule has 88 valence electrons. The molecule has 5 nitrogen and oxygen atoms in total. The molecule has 3 rings (SSSR count). The molecule has 0 atom stereocenters. The lowest BCUT2D eigenvalue weighted by molar-refractivity contribution is 1.19. The fraction of sp³-hybridized carbons (Fsp3) is 0. The summed E-state index contributed by atoms with van der Waals surface area (Å²) in [5, 5.41) is 6.12. The molecule has 18 heavy (non-hydrogen) atoms. The van der Waals surface area contributed by atoms with Gasteiger partial charge in [-0.25, -0.2) is 9.97 Å². The van der Waals surface area contributed by atoms with Gasteiger partial charge in [-0.2, -0.15) is 5.10 Å². The Hall–Kier alpha value is -2.34. The minimum atomic E-state index is 0.718. The van der Waals surface area contributed by atoms with Gasteiger partial charge >= 0.3 is 0 Å². The number of anilines is 1. The number of hydrazone groups is 1. The van der Waals surface area contributed by atoms with Crippen molar-refractivity contribution in [3.63, 3.8) is 0 Å². The highest BCUT2D eigenvalue weighted by Gasteiger charge is 2.02. The van der Waals surface area contributed by atoms with Gasteiger partial charge in [0.25, 0.3) is 0 Å². The minimum absolute atomic E-state index is 0.718. The molecule has 3 heterocycles. The Bertz CT molecular complexity index is 677. The third-order valence-electron chi connectivity index (χ3n) is 2.31. The monoisotopic (exact) mass is 255 g/mol. The topological polar surface area (TPSA) is 63.1 Å². The molecule has 0 spiro atoms. The average Bonchev–Trinajstić information content (AvgIpc) is 2.89. The minimum Gasteiger partial charge on any atom is -0.264 e. The smallest absolute Gasteiger partial charge is 0.167 e. The molecule has 0 amide bonds. The molecule has 0 bridgehead atoms. The lowest BCUT2D eigenvalue weighted by Crippen LogP contribution is -1.94. The van der Waals surface area contributed by atoms with Crippen molar-refractivity contribution in [3.8, 4) is 0 Å². The van der Waals surface area contributed by atoms with Crippen molar-refractivity contribution < 1.29 is 0 Å². The van der Waals surface area contributed by atoms with E-state index in [1.807, 2.05) is 23.6 Å². The Kier molecular flexibility index (Phi) is 2.93. The van der Waals surface area contributed by atoms with Crippen molar-refractivity contribution in [1.29, 1.82) is 0 Å². The summed E-state index contributed by atoms with van der Waals surface area (Å²) in [6, 6.07) is 5.75. The molecule has 0 radical (unpaired) electrons. The van der Waals surface area contributed by atoms with E-state index in [4.69, 9.17) is 0 Å². The summed E-state index contributed by atoms with van der Waals surface area (Å²) in [5.41, 5.74) is 4.78. The van der Waals surface area contributed by atoms with Gasteiger partial charge in [-0.1, -0.05) is 6.07 Å². The Morgan fingerprint density at radius 1 is 1.28 bits per heavy atom. The summed E-state index contributed by atoms with van der Waals surface area (Å²) in [6.45, 7) is 0. The summed E-state index contributed by atoms with van der Waals surface area (Å²) >= 11 is 1.59. The van der Waals surface area contributed by atoms with Crippen LogP contribution in [0.15, 0.2) is 47.4 Å². The van der Waals surface area contributed by atoms with E-state index in [9.17, 15) is 0 Å². The zero-order chi connectivity index (χ0) is 12.2. The molecule has 0 aliphatic carbocycles. The normalized spacial score (nSPS) is 11.1. The number of hydrogen-bond acceptors (Lipinski definition) is 6. The number of fused-ring (bicyclic) bond motifs is 1. The van der Waals surface area contributed by atoms with Crippen molar-refractivity contribution >= 4 is 33.6 Å². The van der Waals surface area contributed by atoms with Crippen LogP contribution in [0.4, 0.5) is 5.82 Å². The highest BCUT2D eigenvalue weighted by atomic mass is 32.1. The molecule has 6 heteroatoms. The lowest BCUT2D eigenvalue weighted by atomic mass is 10.3. The number of hydrogen-bond donors (Lipinski definition) is 1. The Labute approximate surface area is 107 Å². The van der Waals surface area contributed by atoms with Crippen LogP contribution in [-0.2, 0) is 0 Å². The van der Waals surface area contributed by atoms with Crippen LogP contribution in [0.3, 0.4) is 0 Å². The highest BCUT2D eigenvalue weighted by Crippen LogP contribution is 2.24. The molecule has 0 saturated heterocycles. The molecule has 3 aromatic rings. The number of nitrogens with one attached hydrogen (secondary N) is 1. The molecular weight excluding hydrogens is 246 g/mol. The number of pyridine rings is 1. The van der Waals surface area contributed by atoms with E-state index in [0.717, 1.165) is 21.6 Å². The molecule has 0 unspecified atom stereocenters. The van der Waals surface area contributed by atoms with Gasteiger partial charge in [-0.05, 0) is 17.5 Å². The van der Waals surface area contributed by atoms with Crippen LogP contribution in [0, 0.1) is 0 Å². The predicted molar refractivity (Wildman–Crippen MR) is 72.9 cm³/mol. The van der Waals surface area contributed by atoms with E-state index >= 15 is 0 Å². The molecule has 0 fully saturated rings. The van der Waals surface area contributed by atoms with E-state index in [1.165, 1.54) is 6.33 Å². The van der Waals surface area contributed by atoms with Gasteiger partial charge in [0.15, 0.2) is 5.82 Å². The van der Waals surface area contributed by atoms with Crippen molar-refractivity contribution in [3.05, 3.63) is 47.9 Å². The summed E-state index contributed by atoms with van der Waals surface area (Å²) < 4.78 is 1.00. The van der Waals surface area contributed by atoms with Gasteiger partial charge in [0.1, 0.15) is 6.33 Å². The maximum Gasteiger partial charge on any atom is 0.167 e. The summed E-state index contributed by atoms with van der Waals surface area (Å²) in [4.78, 5) is 12.3. The Morgan fingerprint density at radius 3 is 3.17 bits per heavy atom.